The predicted molar refractivity (Wildman–Crippen MR) is 129 cm³/mol. The van der Waals surface area contributed by atoms with Crippen LogP contribution in [-0.4, -0.2) is 12.9 Å². The van der Waals surface area contributed by atoms with E-state index < -0.39 is 0 Å². The molecule has 1 aliphatic heterocycles. The highest BCUT2D eigenvalue weighted by Crippen LogP contribution is 2.46. The van der Waals surface area contributed by atoms with Gasteiger partial charge in [-0.3, -0.25) is 0 Å². The SMILES string of the molecule is C=C(c1ccccc1)C1(CCCCCC)C=CSC1.CCc1sccc1OC. The third-order valence-electron chi connectivity index (χ3n) is 5.27. The van der Waals surface area contributed by atoms with Gasteiger partial charge in [0.05, 0.1) is 7.11 Å². The number of rotatable bonds is 9. The molecule has 1 aliphatic rings. The number of ether oxygens (including phenoxy) is 1. The number of thioether (sulfide) groups is 1. The van der Waals surface area contributed by atoms with Crippen LogP contribution in [0.15, 0.2) is 59.8 Å². The second-order valence-electron chi connectivity index (χ2n) is 7.19. The molecule has 0 saturated heterocycles. The van der Waals surface area contributed by atoms with Crippen molar-refractivity contribution in [2.45, 2.75) is 52.4 Å². The second-order valence-corrected chi connectivity index (χ2v) is 9.09. The van der Waals surface area contributed by atoms with Gasteiger partial charge in [0.1, 0.15) is 5.75 Å². The Bertz CT molecular complexity index is 714. The molecule has 0 fully saturated rings. The van der Waals surface area contributed by atoms with Crippen LogP contribution in [0.25, 0.3) is 5.57 Å². The number of hydrogen-bond donors (Lipinski definition) is 0. The van der Waals surface area contributed by atoms with Gasteiger partial charge in [0.15, 0.2) is 0 Å². The first-order valence-electron chi connectivity index (χ1n) is 10.3. The maximum absolute atomic E-state index is 5.09. The lowest BCUT2D eigenvalue weighted by Crippen LogP contribution is -2.20. The van der Waals surface area contributed by atoms with E-state index >= 15 is 0 Å². The van der Waals surface area contributed by atoms with Crippen LogP contribution in [0.2, 0.25) is 0 Å². The Morgan fingerprint density at radius 2 is 1.89 bits per heavy atom. The van der Waals surface area contributed by atoms with Gasteiger partial charge < -0.3 is 4.74 Å². The summed E-state index contributed by atoms with van der Waals surface area (Å²) < 4.78 is 5.09. The van der Waals surface area contributed by atoms with Crippen LogP contribution in [0.3, 0.4) is 0 Å². The number of hydrogen-bond acceptors (Lipinski definition) is 3. The molecule has 2 heterocycles. The van der Waals surface area contributed by atoms with Crippen molar-refractivity contribution in [2.75, 3.05) is 12.9 Å². The standard InChI is InChI=1S/C18H24S.C7H10OS/c1-3-4-5-9-12-18(13-14-19-15-18)16(2)17-10-7-6-8-11-17;1-3-7-6(8-2)4-5-9-7/h6-8,10-11,13-14H,2-5,9,12,15H2,1H3;4-5H,3H2,1-2H3. The Kier molecular flexibility index (Phi) is 9.94. The first-order valence-corrected chi connectivity index (χ1v) is 12.2. The Hall–Kier alpha value is -1.45. The molecule has 3 rings (SSSR count). The summed E-state index contributed by atoms with van der Waals surface area (Å²) in [5.41, 5.74) is 2.79. The molecule has 0 saturated carbocycles. The first-order chi connectivity index (χ1) is 13.7. The Balaban J connectivity index is 0.000000261. The van der Waals surface area contributed by atoms with Gasteiger partial charge in [-0.2, -0.15) is 0 Å². The highest BCUT2D eigenvalue weighted by Gasteiger charge is 2.33. The summed E-state index contributed by atoms with van der Waals surface area (Å²) in [6.07, 6.45) is 10.0. The van der Waals surface area contributed by atoms with Crippen LogP contribution in [0.5, 0.6) is 5.75 Å². The average Bonchev–Trinajstić information content (AvgIpc) is 3.41. The van der Waals surface area contributed by atoms with Gasteiger partial charge in [0.25, 0.3) is 0 Å². The van der Waals surface area contributed by atoms with E-state index in [1.54, 1.807) is 18.4 Å². The molecule has 1 aromatic heterocycles. The highest BCUT2D eigenvalue weighted by molar-refractivity contribution is 8.02. The number of methoxy groups -OCH3 is 1. The molecule has 152 valence electrons. The Labute approximate surface area is 179 Å². The van der Waals surface area contributed by atoms with Gasteiger partial charge in [0, 0.05) is 16.0 Å². The van der Waals surface area contributed by atoms with E-state index in [0.29, 0.717) is 0 Å². The minimum atomic E-state index is 0.194. The van der Waals surface area contributed by atoms with E-state index in [4.69, 9.17) is 4.74 Å². The number of unbranched alkanes of at least 4 members (excludes halogenated alkanes) is 3. The van der Waals surface area contributed by atoms with Crippen LogP contribution in [0, 0.1) is 5.41 Å². The molecule has 2 aromatic rings. The maximum Gasteiger partial charge on any atom is 0.132 e. The molecule has 1 aromatic carbocycles. The smallest absolute Gasteiger partial charge is 0.132 e. The molecule has 0 spiro atoms. The lowest BCUT2D eigenvalue weighted by Gasteiger charge is -2.30. The van der Waals surface area contributed by atoms with Crippen molar-refractivity contribution in [3.63, 3.8) is 0 Å². The molecule has 0 bridgehead atoms. The fourth-order valence-corrected chi connectivity index (χ4v) is 5.44. The van der Waals surface area contributed by atoms with Crippen molar-refractivity contribution in [2.24, 2.45) is 5.41 Å². The Morgan fingerprint density at radius 1 is 1.11 bits per heavy atom. The summed E-state index contributed by atoms with van der Waals surface area (Å²) in [6.45, 7) is 8.81. The van der Waals surface area contributed by atoms with Gasteiger partial charge in [-0.25, -0.2) is 0 Å². The minimum Gasteiger partial charge on any atom is -0.496 e. The zero-order valence-corrected chi connectivity index (χ0v) is 19.2. The van der Waals surface area contributed by atoms with Crippen molar-refractivity contribution < 1.29 is 4.74 Å². The van der Waals surface area contributed by atoms with E-state index in [0.717, 1.165) is 17.9 Å². The van der Waals surface area contributed by atoms with Crippen molar-refractivity contribution in [1.29, 1.82) is 0 Å². The van der Waals surface area contributed by atoms with Crippen molar-refractivity contribution in [3.05, 3.63) is 70.3 Å². The van der Waals surface area contributed by atoms with Gasteiger partial charge in [-0.1, -0.05) is 82.5 Å². The van der Waals surface area contributed by atoms with Crippen LogP contribution in [0.1, 0.15) is 56.4 Å². The molecule has 0 amide bonds. The monoisotopic (exact) mass is 414 g/mol. The van der Waals surface area contributed by atoms with E-state index in [2.05, 4.69) is 67.6 Å². The fourth-order valence-electron chi connectivity index (χ4n) is 3.48. The lowest BCUT2D eigenvalue weighted by molar-refractivity contribution is 0.413. The van der Waals surface area contributed by atoms with Crippen molar-refractivity contribution in [1.82, 2.24) is 0 Å². The summed E-state index contributed by atoms with van der Waals surface area (Å²) in [4.78, 5) is 1.33. The van der Waals surface area contributed by atoms with Crippen molar-refractivity contribution in [3.8, 4) is 5.75 Å². The molecule has 1 nitrogen and oxygen atoms in total. The van der Waals surface area contributed by atoms with E-state index in [-0.39, 0.29) is 5.41 Å². The molecule has 0 aliphatic carbocycles. The van der Waals surface area contributed by atoms with E-state index in [1.807, 2.05) is 17.8 Å². The summed E-state index contributed by atoms with van der Waals surface area (Å²) in [7, 11) is 1.71. The first kappa shape index (κ1) is 22.8. The van der Waals surface area contributed by atoms with Crippen molar-refractivity contribution >= 4 is 28.7 Å². The molecule has 1 unspecified atom stereocenters. The third-order valence-corrected chi connectivity index (χ3v) is 7.33. The average molecular weight is 415 g/mol. The van der Waals surface area contributed by atoms with E-state index in [1.165, 1.54) is 48.1 Å². The summed E-state index contributed by atoms with van der Waals surface area (Å²) in [6, 6.07) is 12.7. The van der Waals surface area contributed by atoms with Gasteiger partial charge >= 0.3 is 0 Å². The third kappa shape index (κ3) is 6.28. The van der Waals surface area contributed by atoms with Crippen LogP contribution >= 0.6 is 23.1 Å². The summed E-state index contributed by atoms with van der Waals surface area (Å²) >= 11 is 3.68. The molecule has 0 radical (unpaired) electrons. The fraction of sp³-hybridized carbons (Fsp3) is 0.440. The molecule has 3 heteroatoms. The quantitative estimate of drug-likeness (QED) is 0.382. The molecule has 1 atom stereocenters. The van der Waals surface area contributed by atoms with Gasteiger partial charge in [0.2, 0.25) is 0 Å². The zero-order chi connectivity index (χ0) is 20.2. The lowest BCUT2D eigenvalue weighted by atomic mass is 9.75. The van der Waals surface area contributed by atoms with Crippen LogP contribution in [0.4, 0.5) is 0 Å². The maximum atomic E-state index is 5.09. The zero-order valence-electron chi connectivity index (χ0n) is 17.6. The normalized spacial score (nSPS) is 17.8. The highest BCUT2D eigenvalue weighted by atomic mass is 32.2. The second kappa shape index (κ2) is 12.2. The minimum absolute atomic E-state index is 0.194. The molecule has 0 N–H and O–H groups in total. The van der Waals surface area contributed by atoms with Crippen LogP contribution < -0.4 is 4.74 Å². The van der Waals surface area contributed by atoms with E-state index in [9.17, 15) is 0 Å². The molecule has 28 heavy (non-hydrogen) atoms. The Morgan fingerprint density at radius 3 is 2.46 bits per heavy atom. The largest absolute Gasteiger partial charge is 0.496 e. The number of thiophene rings is 1. The predicted octanol–water partition coefficient (Wildman–Crippen LogP) is 8.24. The summed E-state index contributed by atoms with van der Waals surface area (Å²) in [5, 5.41) is 4.31. The van der Waals surface area contributed by atoms with Crippen LogP contribution in [-0.2, 0) is 6.42 Å². The van der Waals surface area contributed by atoms with Gasteiger partial charge in [-0.05, 0) is 40.8 Å². The van der Waals surface area contributed by atoms with Gasteiger partial charge in [-0.15, -0.1) is 23.1 Å². The number of benzene rings is 1. The number of allylic oxidation sites excluding steroid dienone is 2. The summed E-state index contributed by atoms with van der Waals surface area (Å²) in [5.74, 6) is 2.19. The number of aryl methyl sites for hydroxylation is 1. The topological polar surface area (TPSA) is 9.23 Å². The molecular weight excluding hydrogens is 380 g/mol. The molecular formula is C25H34OS2.